The highest BCUT2D eigenvalue weighted by Crippen LogP contribution is 2.27. The van der Waals surface area contributed by atoms with Gasteiger partial charge in [-0.25, -0.2) is 14.6 Å². The van der Waals surface area contributed by atoms with E-state index >= 15 is 0 Å². The van der Waals surface area contributed by atoms with Crippen LogP contribution in [0.25, 0.3) is 10.9 Å². The summed E-state index contributed by atoms with van der Waals surface area (Å²) in [4.78, 5) is 41.7. The lowest BCUT2D eigenvalue weighted by Crippen LogP contribution is -2.50. The summed E-state index contributed by atoms with van der Waals surface area (Å²) in [6.07, 6.45) is 3.64. The molecule has 33 heavy (non-hydrogen) atoms. The van der Waals surface area contributed by atoms with Crippen molar-refractivity contribution in [2.24, 2.45) is 0 Å². The van der Waals surface area contributed by atoms with Gasteiger partial charge < -0.3 is 25.2 Å². The molecule has 0 unspecified atom stereocenters. The summed E-state index contributed by atoms with van der Waals surface area (Å²) in [7, 11) is 0. The first-order valence-corrected chi connectivity index (χ1v) is 10.4. The van der Waals surface area contributed by atoms with Crippen LogP contribution in [0.4, 0.5) is 15.4 Å². The predicted octanol–water partition coefficient (Wildman–Crippen LogP) is 2.46. The Kier molecular flexibility index (Phi) is 6.41. The van der Waals surface area contributed by atoms with Crippen molar-refractivity contribution in [1.82, 2.24) is 19.8 Å². The number of carbonyl (C=O) groups is 3. The topological polar surface area (TPSA) is 146 Å². The standard InChI is InChI=1S/C22H23N5O6/c28-13-17(20(29)26-8-1-2-9-26)24-21(30)25-19-12-16(5-7-23-19)33-15-3-4-18-14(11-15)6-10-27(18)22(31)32/h3-7,10-12,17,28H,1-2,8-9,13H2,(H,31,32)(H2,23,24,25,30)/t17-/m1/s1. The minimum atomic E-state index is -1.08. The van der Waals surface area contributed by atoms with Crippen LogP contribution in [-0.4, -0.2) is 68.4 Å². The van der Waals surface area contributed by atoms with Crippen molar-refractivity contribution in [2.75, 3.05) is 25.0 Å². The highest BCUT2D eigenvalue weighted by molar-refractivity contribution is 5.93. The minimum absolute atomic E-state index is 0.188. The molecule has 1 saturated heterocycles. The fourth-order valence-electron chi connectivity index (χ4n) is 3.68. The number of rotatable bonds is 6. The fraction of sp³-hybridized carbons (Fsp3) is 0.273. The van der Waals surface area contributed by atoms with Gasteiger partial charge in [0, 0.05) is 36.9 Å². The van der Waals surface area contributed by atoms with Crippen LogP contribution in [0.15, 0.2) is 48.8 Å². The van der Waals surface area contributed by atoms with E-state index in [2.05, 4.69) is 15.6 Å². The van der Waals surface area contributed by atoms with Crippen LogP contribution < -0.4 is 15.4 Å². The van der Waals surface area contributed by atoms with Gasteiger partial charge in [-0.3, -0.25) is 14.7 Å². The van der Waals surface area contributed by atoms with E-state index in [-0.39, 0.29) is 11.7 Å². The number of hydrogen-bond donors (Lipinski definition) is 4. The largest absolute Gasteiger partial charge is 0.464 e. The van der Waals surface area contributed by atoms with Gasteiger partial charge in [-0.15, -0.1) is 0 Å². The molecule has 3 aromatic rings. The third-order valence-electron chi connectivity index (χ3n) is 5.28. The fourth-order valence-corrected chi connectivity index (χ4v) is 3.68. The molecule has 11 heteroatoms. The Morgan fingerprint density at radius 2 is 1.85 bits per heavy atom. The smallest absolute Gasteiger partial charge is 0.415 e. The second kappa shape index (κ2) is 9.57. The third kappa shape index (κ3) is 5.04. The van der Waals surface area contributed by atoms with Crippen molar-refractivity contribution in [3.05, 3.63) is 48.8 Å². The molecule has 0 saturated carbocycles. The summed E-state index contributed by atoms with van der Waals surface area (Å²) < 4.78 is 6.93. The molecule has 0 spiro atoms. The van der Waals surface area contributed by atoms with E-state index in [1.165, 1.54) is 18.5 Å². The van der Waals surface area contributed by atoms with Crippen LogP contribution in [0.1, 0.15) is 12.8 Å². The second-order valence-corrected chi connectivity index (χ2v) is 7.53. The molecule has 3 amide bonds. The number of nitrogens with zero attached hydrogens (tertiary/aromatic N) is 3. The van der Waals surface area contributed by atoms with Gasteiger partial charge >= 0.3 is 12.1 Å². The Hall–Kier alpha value is -4.12. The van der Waals surface area contributed by atoms with Gasteiger partial charge in [0.1, 0.15) is 23.4 Å². The average molecular weight is 453 g/mol. The number of nitrogens with one attached hydrogen (secondary N) is 2. The maximum absolute atomic E-state index is 12.4. The van der Waals surface area contributed by atoms with E-state index in [1.54, 1.807) is 35.2 Å². The molecular weight excluding hydrogens is 430 g/mol. The first-order valence-electron chi connectivity index (χ1n) is 10.4. The van der Waals surface area contributed by atoms with Crippen molar-refractivity contribution in [3.8, 4) is 11.5 Å². The molecule has 172 valence electrons. The van der Waals surface area contributed by atoms with Gasteiger partial charge in [0.25, 0.3) is 0 Å². The van der Waals surface area contributed by atoms with E-state index < -0.39 is 24.8 Å². The number of ether oxygens (including phenoxy) is 1. The summed E-state index contributed by atoms with van der Waals surface area (Å²) >= 11 is 0. The number of pyridine rings is 1. The van der Waals surface area contributed by atoms with Crippen LogP contribution in [0.3, 0.4) is 0 Å². The normalized spacial score (nSPS) is 14.2. The van der Waals surface area contributed by atoms with Crippen LogP contribution in [0, 0.1) is 0 Å². The molecule has 4 N–H and O–H groups in total. The van der Waals surface area contributed by atoms with Gasteiger partial charge in [-0.1, -0.05) is 0 Å². The molecule has 1 atom stereocenters. The number of likely N-dealkylation sites (tertiary alicyclic amines) is 1. The lowest BCUT2D eigenvalue weighted by atomic mass is 10.2. The maximum atomic E-state index is 12.4. The third-order valence-corrected chi connectivity index (χ3v) is 5.28. The van der Waals surface area contributed by atoms with E-state index in [1.807, 2.05) is 0 Å². The Morgan fingerprint density at radius 3 is 2.58 bits per heavy atom. The number of carboxylic acid groups (broad SMARTS) is 1. The monoisotopic (exact) mass is 453 g/mol. The zero-order valence-corrected chi connectivity index (χ0v) is 17.6. The van der Waals surface area contributed by atoms with E-state index in [4.69, 9.17) is 4.74 Å². The first-order chi connectivity index (χ1) is 15.9. The molecule has 1 aromatic carbocycles. The molecule has 1 aliphatic rings. The molecule has 1 fully saturated rings. The molecule has 1 aliphatic heterocycles. The van der Waals surface area contributed by atoms with Crippen LogP contribution in [0.2, 0.25) is 0 Å². The lowest BCUT2D eigenvalue weighted by Gasteiger charge is -2.22. The molecule has 0 radical (unpaired) electrons. The number of aliphatic hydroxyl groups is 1. The molecule has 4 rings (SSSR count). The number of benzene rings is 1. The quantitative estimate of drug-likeness (QED) is 0.448. The predicted molar refractivity (Wildman–Crippen MR) is 119 cm³/mol. The molecule has 3 heterocycles. The van der Waals surface area contributed by atoms with Crippen molar-refractivity contribution >= 4 is 34.8 Å². The molecule has 11 nitrogen and oxygen atoms in total. The van der Waals surface area contributed by atoms with E-state index in [0.29, 0.717) is 35.5 Å². The van der Waals surface area contributed by atoms with Gasteiger partial charge in [0.2, 0.25) is 5.91 Å². The number of hydrogen-bond acceptors (Lipinski definition) is 6. The lowest BCUT2D eigenvalue weighted by molar-refractivity contribution is -0.133. The number of aliphatic hydroxyl groups excluding tert-OH is 1. The number of urea groups is 1. The minimum Gasteiger partial charge on any atom is -0.464 e. The van der Waals surface area contributed by atoms with Gasteiger partial charge in [-0.05, 0) is 43.2 Å². The van der Waals surface area contributed by atoms with Crippen molar-refractivity contribution in [3.63, 3.8) is 0 Å². The summed E-state index contributed by atoms with van der Waals surface area (Å²) in [5.41, 5.74) is 0.533. The highest BCUT2D eigenvalue weighted by atomic mass is 16.5. The Morgan fingerprint density at radius 1 is 1.09 bits per heavy atom. The summed E-state index contributed by atoms with van der Waals surface area (Å²) in [5.74, 6) is 0.740. The Labute approximate surface area is 188 Å². The van der Waals surface area contributed by atoms with Gasteiger partial charge in [0.15, 0.2) is 0 Å². The Bertz CT molecular complexity index is 1190. The van der Waals surface area contributed by atoms with E-state index in [9.17, 15) is 24.6 Å². The summed E-state index contributed by atoms with van der Waals surface area (Å²) in [5, 5.41) is 24.4. The van der Waals surface area contributed by atoms with Crippen molar-refractivity contribution in [2.45, 2.75) is 18.9 Å². The zero-order valence-electron chi connectivity index (χ0n) is 17.6. The zero-order chi connectivity index (χ0) is 23.4. The van der Waals surface area contributed by atoms with Crippen molar-refractivity contribution in [1.29, 1.82) is 0 Å². The van der Waals surface area contributed by atoms with Crippen LogP contribution in [0.5, 0.6) is 11.5 Å². The van der Waals surface area contributed by atoms with Crippen LogP contribution >= 0.6 is 0 Å². The number of anilines is 1. The molecule has 2 aromatic heterocycles. The molecular formula is C22H23N5O6. The molecule has 0 aliphatic carbocycles. The first kappa shape index (κ1) is 22.1. The summed E-state index contributed by atoms with van der Waals surface area (Å²) in [6, 6.07) is 8.03. The van der Waals surface area contributed by atoms with Gasteiger partial charge in [-0.2, -0.15) is 0 Å². The average Bonchev–Trinajstić information content (AvgIpc) is 3.47. The SMILES string of the molecule is O=C(Nc1cc(Oc2ccc3c(ccn3C(=O)O)c2)ccn1)N[C@H](CO)C(=O)N1CCCC1. The van der Waals surface area contributed by atoms with Crippen molar-refractivity contribution < 1.29 is 29.3 Å². The van der Waals surface area contributed by atoms with Crippen LogP contribution in [-0.2, 0) is 4.79 Å². The maximum Gasteiger partial charge on any atom is 0.415 e. The number of amides is 3. The van der Waals surface area contributed by atoms with E-state index in [0.717, 1.165) is 17.4 Å². The summed E-state index contributed by atoms with van der Waals surface area (Å²) in [6.45, 7) is 0.726. The Balaban J connectivity index is 1.40. The number of aromatic nitrogens is 2. The van der Waals surface area contributed by atoms with Gasteiger partial charge in [0.05, 0.1) is 12.1 Å². The second-order valence-electron chi connectivity index (χ2n) is 7.53. The number of carbonyl (C=O) groups excluding carboxylic acids is 2. The highest BCUT2D eigenvalue weighted by Gasteiger charge is 2.27. The molecule has 0 bridgehead atoms. The number of fused-ring (bicyclic) bond motifs is 1.